The van der Waals surface area contributed by atoms with Crippen molar-refractivity contribution in [2.45, 2.75) is 39.2 Å². The van der Waals surface area contributed by atoms with Crippen LogP contribution in [0.1, 0.15) is 43.7 Å². The van der Waals surface area contributed by atoms with E-state index in [0.29, 0.717) is 18.1 Å². The fraction of sp³-hybridized carbons (Fsp3) is 0.556. The summed E-state index contributed by atoms with van der Waals surface area (Å²) in [6.45, 7) is 3.60. The Kier molecular flexibility index (Phi) is 5.42. The van der Waals surface area contributed by atoms with Gasteiger partial charge in [-0.2, -0.15) is 0 Å². The number of ether oxygens (including phenoxy) is 2. The monoisotopic (exact) mass is 320 g/mol. The molecule has 0 spiro atoms. The highest BCUT2D eigenvalue weighted by atomic mass is 16.5. The molecule has 1 saturated carbocycles. The van der Waals surface area contributed by atoms with Crippen molar-refractivity contribution in [1.82, 2.24) is 0 Å². The Bertz CT molecular complexity index is 579. The highest BCUT2D eigenvalue weighted by Gasteiger charge is 2.45. The standard InChI is InChI=1S/C18H24O5/c1-12(20)23-9-15-8-14(6-7-16(15)21)17(13-4-5-13)18(2,10-19)11-22-3/h6-8,10,13,17,21H,4-5,9,11H2,1-3H3/t17?,18-/m1/s1. The van der Waals surface area contributed by atoms with Gasteiger partial charge in [0, 0.05) is 25.5 Å². The maximum Gasteiger partial charge on any atom is 0.302 e. The summed E-state index contributed by atoms with van der Waals surface area (Å²) in [7, 11) is 1.59. The number of carbonyl (C=O) groups excluding carboxylic acids is 2. The quantitative estimate of drug-likeness (QED) is 0.589. The number of rotatable bonds is 8. The molecule has 0 amide bonds. The number of hydrogen-bond acceptors (Lipinski definition) is 5. The van der Waals surface area contributed by atoms with Gasteiger partial charge in [0.2, 0.25) is 0 Å². The zero-order chi connectivity index (χ0) is 17.0. The Morgan fingerprint density at radius 2 is 2.17 bits per heavy atom. The van der Waals surface area contributed by atoms with Gasteiger partial charge in [-0.15, -0.1) is 0 Å². The first-order valence-electron chi connectivity index (χ1n) is 7.81. The molecule has 0 bridgehead atoms. The first kappa shape index (κ1) is 17.5. The molecule has 1 aromatic carbocycles. The molecule has 0 saturated heterocycles. The number of phenolic OH excluding ortho intramolecular Hbond substituents is 1. The molecule has 5 nitrogen and oxygen atoms in total. The smallest absolute Gasteiger partial charge is 0.302 e. The molecule has 2 rings (SSSR count). The van der Waals surface area contributed by atoms with Crippen LogP contribution in [0.2, 0.25) is 0 Å². The van der Waals surface area contributed by atoms with Crippen LogP contribution in [0.25, 0.3) is 0 Å². The first-order chi connectivity index (χ1) is 10.9. The number of carbonyl (C=O) groups is 2. The third kappa shape index (κ3) is 4.10. The Morgan fingerprint density at radius 1 is 1.48 bits per heavy atom. The van der Waals surface area contributed by atoms with E-state index in [-0.39, 0.29) is 18.3 Å². The minimum Gasteiger partial charge on any atom is -0.508 e. The first-order valence-corrected chi connectivity index (χ1v) is 7.81. The van der Waals surface area contributed by atoms with E-state index in [1.165, 1.54) is 6.92 Å². The average molecular weight is 320 g/mol. The highest BCUT2D eigenvalue weighted by Crippen LogP contribution is 2.51. The van der Waals surface area contributed by atoms with Crippen molar-refractivity contribution in [3.05, 3.63) is 29.3 Å². The number of phenols is 1. The second-order valence-electron chi connectivity index (χ2n) is 6.54. The Morgan fingerprint density at radius 3 is 2.70 bits per heavy atom. The molecular weight excluding hydrogens is 296 g/mol. The van der Waals surface area contributed by atoms with E-state index in [4.69, 9.17) is 9.47 Å². The third-order valence-electron chi connectivity index (χ3n) is 4.42. The summed E-state index contributed by atoms with van der Waals surface area (Å²) in [6, 6.07) is 5.27. The lowest BCUT2D eigenvalue weighted by Crippen LogP contribution is -2.33. The van der Waals surface area contributed by atoms with Gasteiger partial charge in [0.05, 0.1) is 12.0 Å². The van der Waals surface area contributed by atoms with Crippen LogP contribution in [0.5, 0.6) is 5.75 Å². The zero-order valence-electron chi connectivity index (χ0n) is 13.9. The van der Waals surface area contributed by atoms with Crippen LogP contribution in [0.4, 0.5) is 0 Å². The van der Waals surface area contributed by atoms with Crippen LogP contribution >= 0.6 is 0 Å². The van der Waals surface area contributed by atoms with Gasteiger partial charge < -0.3 is 19.4 Å². The van der Waals surface area contributed by atoms with Crippen molar-refractivity contribution in [3.8, 4) is 5.75 Å². The van der Waals surface area contributed by atoms with Crippen LogP contribution in [-0.2, 0) is 25.7 Å². The fourth-order valence-corrected chi connectivity index (χ4v) is 3.22. The van der Waals surface area contributed by atoms with Crippen molar-refractivity contribution in [3.63, 3.8) is 0 Å². The van der Waals surface area contributed by atoms with Gasteiger partial charge in [0.1, 0.15) is 18.6 Å². The largest absolute Gasteiger partial charge is 0.508 e. The molecule has 1 aliphatic carbocycles. The Balaban J connectivity index is 2.34. The molecule has 2 atom stereocenters. The zero-order valence-corrected chi connectivity index (χ0v) is 13.9. The number of aldehydes is 1. The summed E-state index contributed by atoms with van der Waals surface area (Å²) in [4.78, 5) is 22.7. The molecule has 1 fully saturated rings. The Labute approximate surface area is 136 Å². The molecule has 1 N–H and O–H groups in total. The molecule has 0 radical (unpaired) electrons. The summed E-state index contributed by atoms with van der Waals surface area (Å²) >= 11 is 0. The molecule has 23 heavy (non-hydrogen) atoms. The summed E-state index contributed by atoms with van der Waals surface area (Å²) in [5, 5.41) is 9.96. The lowest BCUT2D eigenvalue weighted by molar-refractivity contribution is -0.142. The van der Waals surface area contributed by atoms with Crippen LogP contribution < -0.4 is 0 Å². The van der Waals surface area contributed by atoms with Gasteiger partial charge in [-0.3, -0.25) is 4.79 Å². The van der Waals surface area contributed by atoms with Crippen LogP contribution in [-0.4, -0.2) is 31.1 Å². The molecule has 5 heteroatoms. The van der Waals surface area contributed by atoms with Crippen LogP contribution in [0, 0.1) is 11.3 Å². The molecular formula is C18H24O5. The van der Waals surface area contributed by atoms with Gasteiger partial charge >= 0.3 is 5.97 Å². The molecule has 0 aliphatic heterocycles. The normalized spacial score (nSPS) is 18.0. The van der Waals surface area contributed by atoms with Gasteiger partial charge in [-0.05, 0) is 36.5 Å². The molecule has 126 valence electrons. The van der Waals surface area contributed by atoms with Crippen molar-refractivity contribution in [1.29, 1.82) is 0 Å². The molecule has 1 unspecified atom stereocenters. The molecule has 0 heterocycles. The summed E-state index contributed by atoms with van der Waals surface area (Å²) in [5.41, 5.74) is 0.902. The number of esters is 1. The fourth-order valence-electron chi connectivity index (χ4n) is 3.22. The van der Waals surface area contributed by atoms with Crippen molar-refractivity contribution < 1.29 is 24.2 Å². The SMILES string of the molecule is COC[C@@](C)(C=O)C(c1ccc(O)c(COC(C)=O)c1)C1CC1. The van der Waals surface area contributed by atoms with E-state index in [1.807, 2.05) is 19.1 Å². The van der Waals surface area contributed by atoms with E-state index in [2.05, 4.69) is 0 Å². The second kappa shape index (κ2) is 7.13. The number of benzene rings is 1. The maximum atomic E-state index is 11.7. The van der Waals surface area contributed by atoms with Gasteiger partial charge in [0.15, 0.2) is 0 Å². The lowest BCUT2D eigenvalue weighted by Gasteiger charge is -2.33. The van der Waals surface area contributed by atoms with E-state index < -0.39 is 11.4 Å². The number of methoxy groups -OCH3 is 1. The third-order valence-corrected chi connectivity index (χ3v) is 4.42. The average Bonchev–Trinajstić information content (AvgIpc) is 3.32. The van der Waals surface area contributed by atoms with E-state index in [0.717, 1.165) is 24.7 Å². The topological polar surface area (TPSA) is 72.8 Å². The van der Waals surface area contributed by atoms with Crippen molar-refractivity contribution in [2.24, 2.45) is 11.3 Å². The molecule has 0 aromatic heterocycles. The van der Waals surface area contributed by atoms with Crippen molar-refractivity contribution >= 4 is 12.3 Å². The maximum absolute atomic E-state index is 11.7. The molecule has 1 aromatic rings. The lowest BCUT2D eigenvalue weighted by atomic mass is 9.72. The predicted molar refractivity (Wildman–Crippen MR) is 85.1 cm³/mol. The van der Waals surface area contributed by atoms with E-state index in [9.17, 15) is 14.7 Å². The number of aromatic hydroxyl groups is 1. The van der Waals surface area contributed by atoms with Crippen molar-refractivity contribution in [2.75, 3.05) is 13.7 Å². The van der Waals surface area contributed by atoms with Crippen LogP contribution in [0.15, 0.2) is 18.2 Å². The van der Waals surface area contributed by atoms with Gasteiger partial charge in [-0.1, -0.05) is 13.0 Å². The summed E-state index contributed by atoms with van der Waals surface area (Å²) in [6.07, 6.45) is 3.13. The van der Waals surface area contributed by atoms with E-state index in [1.54, 1.807) is 13.2 Å². The minimum atomic E-state index is -0.619. The van der Waals surface area contributed by atoms with E-state index >= 15 is 0 Å². The Hall–Kier alpha value is -1.88. The van der Waals surface area contributed by atoms with Gasteiger partial charge in [0.25, 0.3) is 0 Å². The summed E-state index contributed by atoms with van der Waals surface area (Å²) < 4.78 is 10.2. The minimum absolute atomic E-state index is 0.0223. The second-order valence-corrected chi connectivity index (χ2v) is 6.54. The van der Waals surface area contributed by atoms with Crippen LogP contribution in [0.3, 0.4) is 0 Å². The summed E-state index contributed by atoms with van der Waals surface area (Å²) in [5.74, 6) is 0.151. The number of hydrogen-bond donors (Lipinski definition) is 1. The predicted octanol–water partition coefficient (Wildman–Crippen LogP) is 2.80. The molecule has 1 aliphatic rings. The van der Waals surface area contributed by atoms with Gasteiger partial charge in [-0.25, -0.2) is 0 Å². The highest BCUT2D eigenvalue weighted by molar-refractivity contribution is 5.66.